The van der Waals surface area contributed by atoms with Crippen LogP contribution in [0.5, 0.6) is 0 Å². The van der Waals surface area contributed by atoms with Crippen LogP contribution in [0.2, 0.25) is 0 Å². The van der Waals surface area contributed by atoms with Gasteiger partial charge in [0.05, 0.1) is 30.8 Å². The van der Waals surface area contributed by atoms with Crippen LogP contribution < -0.4 is 10.2 Å². The fourth-order valence-corrected chi connectivity index (χ4v) is 2.22. The predicted octanol–water partition coefficient (Wildman–Crippen LogP) is 1.54. The van der Waals surface area contributed by atoms with Gasteiger partial charge >= 0.3 is 5.97 Å². The van der Waals surface area contributed by atoms with E-state index in [1.54, 1.807) is 6.20 Å². The molecule has 0 atom stereocenters. The van der Waals surface area contributed by atoms with Crippen LogP contribution in [0.1, 0.15) is 26.5 Å². The van der Waals surface area contributed by atoms with Gasteiger partial charge in [0.15, 0.2) is 5.69 Å². The number of carbonyl (C=O) groups excluding carboxylic acids is 1. The number of pyridine rings is 1. The minimum Gasteiger partial charge on any atom is -0.459 e. The average molecular weight is 318 g/mol. The van der Waals surface area contributed by atoms with Crippen molar-refractivity contribution in [3.63, 3.8) is 0 Å². The van der Waals surface area contributed by atoms with Gasteiger partial charge < -0.3 is 19.7 Å². The van der Waals surface area contributed by atoms with Crippen molar-refractivity contribution in [2.75, 3.05) is 43.1 Å². The number of nitriles is 1. The molecule has 1 saturated heterocycles. The Morgan fingerprint density at radius 2 is 2.17 bits per heavy atom. The molecule has 1 fully saturated rings. The lowest BCUT2D eigenvalue weighted by Crippen LogP contribution is -2.36. The monoisotopic (exact) mass is 318 g/mol. The summed E-state index contributed by atoms with van der Waals surface area (Å²) in [5, 5.41) is 12.1. The van der Waals surface area contributed by atoms with E-state index in [1.165, 1.54) is 0 Å². The molecule has 2 heterocycles. The molecule has 23 heavy (non-hydrogen) atoms. The minimum atomic E-state index is -0.537. The molecule has 0 bridgehead atoms. The predicted molar refractivity (Wildman–Crippen MR) is 86.3 cm³/mol. The highest BCUT2D eigenvalue weighted by Gasteiger charge is 2.17. The fraction of sp³-hybridized carbons (Fsp3) is 0.562. The summed E-state index contributed by atoms with van der Waals surface area (Å²) in [6.45, 7) is 8.31. The van der Waals surface area contributed by atoms with Gasteiger partial charge in [0.25, 0.3) is 0 Å². The molecule has 1 aliphatic heterocycles. The van der Waals surface area contributed by atoms with Crippen LogP contribution in [-0.2, 0) is 14.3 Å². The first-order chi connectivity index (χ1) is 10.9. The van der Waals surface area contributed by atoms with Crippen molar-refractivity contribution in [3.05, 3.63) is 18.0 Å². The quantitative estimate of drug-likeness (QED) is 0.843. The van der Waals surface area contributed by atoms with E-state index in [9.17, 15) is 4.79 Å². The number of rotatable bonds is 4. The van der Waals surface area contributed by atoms with Crippen molar-refractivity contribution in [2.24, 2.45) is 0 Å². The number of nitrogens with one attached hydrogen (secondary N) is 1. The summed E-state index contributed by atoms with van der Waals surface area (Å²) in [4.78, 5) is 18.1. The number of nitrogens with zero attached hydrogens (tertiary/aromatic N) is 3. The minimum absolute atomic E-state index is 0.0137. The van der Waals surface area contributed by atoms with E-state index in [-0.39, 0.29) is 18.2 Å². The Balaban J connectivity index is 2.07. The standard InChI is InChI=1S/C16H22N4O3/c1-16(2,3)23-15(21)11-19-13-8-12(10-18-14(13)9-17)20-4-6-22-7-5-20/h8,10,19H,4-7,11H2,1-3H3. The molecular weight excluding hydrogens is 296 g/mol. The Morgan fingerprint density at radius 3 is 2.78 bits per heavy atom. The largest absolute Gasteiger partial charge is 0.459 e. The third-order valence-corrected chi connectivity index (χ3v) is 3.20. The second-order valence-electron chi connectivity index (χ2n) is 6.24. The number of hydrogen-bond donors (Lipinski definition) is 1. The molecule has 0 radical (unpaired) electrons. The van der Waals surface area contributed by atoms with Crippen molar-refractivity contribution in [2.45, 2.75) is 26.4 Å². The maximum atomic E-state index is 11.8. The highest BCUT2D eigenvalue weighted by molar-refractivity contribution is 5.76. The third kappa shape index (κ3) is 5.11. The summed E-state index contributed by atoms with van der Waals surface area (Å²) in [7, 11) is 0. The summed E-state index contributed by atoms with van der Waals surface area (Å²) in [5.74, 6) is -0.377. The summed E-state index contributed by atoms with van der Waals surface area (Å²) in [6.07, 6.45) is 1.67. The van der Waals surface area contributed by atoms with Crippen LogP contribution in [-0.4, -0.2) is 49.4 Å². The van der Waals surface area contributed by atoms with Gasteiger partial charge in [-0.05, 0) is 26.8 Å². The molecule has 0 amide bonds. The molecule has 0 aromatic carbocycles. The summed E-state index contributed by atoms with van der Waals surface area (Å²) < 4.78 is 10.6. The number of carbonyl (C=O) groups is 1. The fourth-order valence-electron chi connectivity index (χ4n) is 2.22. The van der Waals surface area contributed by atoms with Crippen LogP contribution in [0.4, 0.5) is 11.4 Å². The first-order valence-electron chi connectivity index (χ1n) is 7.57. The van der Waals surface area contributed by atoms with E-state index < -0.39 is 5.60 Å². The molecule has 1 aromatic rings. The SMILES string of the molecule is CC(C)(C)OC(=O)CNc1cc(N2CCOCC2)cnc1C#N. The molecule has 1 N–H and O–H groups in total. The van der Waals surface area contributed by atoms with Crippen molar-refractivity contribution < 1.29 is 14.3 Å². The number of esters is 1. The van der Waals surface area contributed by atoms with E-state index >= 15 is 0 Å². The van der Waals surface area contributed by atoms with Gasteiger partial charge in [-0.3, -0.25) is 4.79 Å². The topological polar surface area (TPSA) is 87.5 Å². The molecular formula is C16H22N4O3. The lowest BCUT2D eigenvalue weighted by Gasteiger charge is -2.29. The van der Waals surface area contributed by atoms with Gasteiger partial charge in [-0.1, -0.05) is 0 Å². The molecule has 1 aliphatic rings. The lowest BCUT2D eigenvalue weighted by atomic mass is 10.2. The van der Waals surface area contributed by atoms with Gasteiger partial charge in [-0.25, -0.2) is 4.98 Å². The molecule has 1 aromatic heterocycles. The Morgan fingerprint density at radius 1 is 1.48 bits per heavy atom. The summed E-state index contributed by atoms with van der Waals surface area (Å²) in [5.41, 5.74) is 1.15. The number of anilines is 2. The van der Waals surface area contributed by atoms with Gasteiger partial charge in [-0.2, -0.15) is 5.26 Å². The average Bonchev–Trinajstić information content (AvgIpc) is 2.52. The highest BCUT2D eigenvalue weighted by atomic mass is 16.6. The highest BCUT2D eigenvalue weighted by Crippen LogP contribution is 2.22. The van der Waals surface area contributed by atoms with Gasteiger partial charge in [0.1, 0.15) is 18.2 Å². The molecule has 0 aliphatic carbocycles. The molecule has 7 heteroatoms. The van der Waals surface area contributed by atoms with E-state index in [1.807, 2.05) is 32.9 Å². The second-order valence-corrected chi connectivity index (χ2v) is 6.24. The number of aromatic nitrogens is 1. The molecule has 7 nitrogen and oxygen atoms in total. The van der Waals surface area contributed by atoms with Crippen LogP contribution in [0, 0.1) is 11.3 Å². The first kappa shape index (κ1) is 17.0. The lowest BCUT2D eigenvalue weighted by molar-refractivity contribution is -0.152. The Hall–Kier alpha value is -2.33. The van der Waals surface area contributed by atoms with Crippen LogP contribution >= 0.6 is 0 Å². The van der Waals surface area contributed by atoms with Crippen molar-refractivity contribution in [3.8, 4) is 6.07 Å². The van der Waals surface area contributed by atoms with Gasteiger partial charge in [0.2, 0.25) is 0 Å². The molecule has 124 valence electrons. The summed E-state index contributed by atoms with van der Waals surface area (Å²) in [6, 6.07) is 3.86. The second kappa shape index (κ2) is 7.29. The zero-order chi connectivity index (χ0) is 16.9. The van der Waals surface area contributed by atoms with Crippen LogP contribution in [0.3, 0.4) is 0 Å². The Kier molecular flexibility index (Phi) is 5.40. The zero-order valence-electron chi connectivity index (χ0n) is 13.8. The normalized spacial score (nSPS) is 15.0. The third-order valence-electron chi connectivity index (χ3n) is 3.20. The maximum Gasteiger partial charge on any atom is 0.325 e. The molecule has 0 unspecified atom stereocenters. The van der Waals surface area contributed by atoms with E-state index in [0.29, 0.717) is 18.9 Å². The van der Waals surface area contributed by atoms with Crippen molar-refractivity contribution in [1.29, 1.82) is 5.26 Å². The number of morpholine rings is 1. The molecule has 2 rings (SSSR count). The smallest absolute Gasteiger partial charge is 0.325 e. The maximum absolute atomic E-state index is 11.8. The molecule has 0 saturated carbocycles. The van der Waals surface area contributed by atoms with Gasteiger partial charge in [0, 0.05) is 13.1 Å². The van der Waals surface area contributed by atoms with E-state index in [2.05, 4.69) is 15.2 Å². The van der Waals surface area contributed by atoms with Crippen molar-refractivity contribution in [1.82, 2.24) is 4.98 Å². The summed E-state index contributed by atoms with van der Waals surface area (Å²) >= 11 is 0. The van der Waals surface area contributed by atoms with Crippen LogP contribution in [0.15, 0.2) is 12.3 Å². The number of hydrogen-bond acceptors (Lipinski definition) is 7. The van der Waals surface area contributed by atoms with E-state index in [0.717, 1.165) is 18.8 Å². The first-order valence-corrected chi connectivity index (χ1v) is 7.57. The van der Waals surface area contributed by atoms with Crippen molar-refractivity contribution >= 4 is 17.3 Å². The number of ether oxygens (including phenoxy) is 2. The molecule has 0 spiro atoms. The van der Waals surface area contributed by atoms with Gasteiger partial charge in [-0.15, -0.1) is 0 Å². The van der Waals surface area contributed by atoms with E-state index in [4.69, 9.17) is 14.7 Å². The Labute approximate surface area is 136 Å². The zero-order valence-corrected chi connectivity index (χ0v) is 13.8. The van der Waals surface area contributed by atoms with Crippen LogP contribution in [0.25, 0.3) is 0 Å². The Bertz CT molecular complexity index is 598.